The second-order valence-corrected chi connectivity index (χ2v) is 6.76. The van der Waals surface area contributed by atoms with E-state index in [0.717, 1.165) is 16.5 Å². The Bertz CT molecular complexity index is 1090. The topological polar surface area (TPSA) is 106 Å². The van der Waals surface area contributed by atoms with E-state index in [-0.39, 0.29) is 6.42 Å². The van der Waals surface area contributed by atoms with Crippen molar-refractivity contribution in [2.45, 2.75) is 32.4 Å². The van der Waals surface area contributed by atoms with Crippen molar-refractivity contribution in [1.29, 1.82) is 0 Å². The zero-order valence-electron chi connectivity index (χ0n) is 16.0. The molecule has 150 valence electrons. The number of fused-ring (bicyclic) bond motifs is 1. The van der Waals surface area contributed by atoms with Gasteiger partial charge in [0.15, 0.2) is 6.10 Å². The second-order valence-electron chi connectivity index (χ2n) is 6.76. The van der Waals surface area contributed by atoms with E-state index < -0.39 is 29.6 Å². The molecule has 0 aliphatic heterocycles. The number of aryl methyl sites for hydroxylation is 1. The van der Waals surface area contributed by atoms with Crippen LogP contribution < -0.4 is 15.7 Å². The fourth-order valence-electron chi connectivity index (χ4n) is 2.98. The average molecular weight is 395 g/mol. The number of hydrogen-bond donors (Lipinski definition) is 2. The van der Waals surface area contributed by atoms with Gasteiger partial charge in [-0.05, 0) is 37.1 Å². The van der Waals surface area contributed by atoms with Gasteiger partial charge < -0.3 is 19.6 Å². The standard InChI is InChI=1S/C22H21NO6/c1-13-10-20(24)29-19-12-16(8-9-17(13)19)28-14(2)21(25)23-18(22(26)27)11-15-6-4-3-5-7-15/h3-10,12,14,18H,11H2,1-2H3,(H,23,25)(H,26,27)/t14-,18-/m1/s1. The van der Waals surface area contributed by atoms with E-state index in [0.29, 0.717) is 11.3 Å². The quantitative estimate of drug-likeness (QED) is 0.596. The largest absolute Gasteiger partial charge is 0.481 e. The summed E-state index contributed by atoms with van der Waals surface area (Å²) in [6.07, 6.45) is -0.781. The molecule has 0 radical (unpaired) electrons. The molecule has 0 fully saturated rings. The number of hydrogen-bond acceptors (Lipinski definition) is 5. The van der Waals surface area contributed by atoms with Gasteiger partial charge in [-0.3, -0.25) is 4.79 Å². The lowest BCUT2D eigenvalue weighted by molar-refractivity contribution is -0.142. The minimum absolute atomic E-state index is 0.162. The number of aliphatic carboxylic acids is 1. The molecule has 3 rings (SSSR count). The van der Waals surface area contributed by atoms with Crippen LogP contribution in [-0.2, 0) is 16.0 Å². The minimum Gasteiger partial charge on any atom is -0.481 e. The third kappa shape index (κ3) is 5.01. The molecule has 0 saturated carbocycles. The lowest BCUT2D eigenvalue weighted by Gasteiger charge is -2.19. The molecule has 1 heterocycles. The predicted molar refractivity (Wildman–Crippen MR) is 107 cm³/mol. The van der Waals surface area contributed by atoms with E-state index in [1.807, 2.05) is 18.2 Å². The molecule has 2 atom stereocenters. The fourth-order valence-corrected chi connectivity index (χ4v) is 2.98. The van der Waals surface area contributed by atoms with Crippen molar-refractivity contribution < 1.29 is 23.8 Å². The molecule has 0 spiro atoms. The van der Waals surface area contributed by atoms with Gasteiger partial charge in [0.1, 0.15) is 17.4 Å². The first-order valence-electron chi connectivity index (χ1n) is 9.12. The fraction of sp³-hybridized carbons (Fsp3) is 0.227. The molecule has 7 heteroatoms. The van der Waals surface area contributed by atoms with E-state index >= 15 is 0 Å². The number of carbonyl (C=O) groups excluding carboxylic acids is 1. The van der Waals surface area contributed by atoms with Crippen molar-refractivity contribution in [3.05, 3.63) is 76.1 Å². The second kappa shape index (κ2) is 8.60. The van der Waals surface area contributed by atoms with E-state index in [1.54, 1.807) is 31.2 Å². The molecule has 0 unspecified atom stereocenters. The molecule has 0 saturated heterocycles. The van der Waals surface area contributed by atoms with Crippen LogP contribution in [0, 0.1) is 6.92 Å². The van der Waals surface area contributed by atoms with Gasteiger partial charge >= 0.3 is 11.6 Å². The Labute approximate surface area is 166 Å². The van der Waals surface area contributed by atoms with Gasteiger partial charge in [0.05, 0.1) is 0 Å². The van der Waals surface area contributed by atoms with Crippen LogP contribution in [0.15, 0.2) is 63.8 Å². The third-order valence-corrected chi connectivity index (χ3v) is 4.50. The zero-order valence-corrected chi connectivity index (χ0v) is 16.0. The first kappa shape index (κ1) is 20.1. The summed E-state index contributed by atoms with van der Waals surface area (Å²) in [6.45, 7) is 3.32. The van der Waals surface area contributed by atoms with Crippen LogP contribution >= 0.6 is 0 Å². The Morgan fingerprint density at radius 2 is 1.86 bits per heavy atom. The molecule has 2 aromatic carbocycles. The molecular formula is C22H21NO6. The maximum Gasteiger partial charge on any atom is 0.336 e. The van der Waals surface area contributed by atoms with Gasteiger partial charge in [0.25, 0.3) is 5.91 Å². The number of rotatable bonds is 7. The highest BCUT2D eigenvalue weighted by atomic mass is 16.5. The Morgan fingerprint density at radius 1 is 1.14 bits per heavy atom. The SMILES string of the molecule is Cc1cc(=O)oc2cc(O[C@H](C)C(=O)N[C@H](Cc3ccccc3)C(=O)O)ccc12. The zero-order chi connectivity index (χ0) is 21.0. The predicted octanol–water partition coefficient (Wildman–Crippen LogP) is 2.68. The van der Waals surface area contributed by atoms with E-state index in [9.17, 15) is 19.5 Å². The lowest BCUT2D eigenvalue weighted by atomic mass is 10.1. The number of ether oxygens (including phenoxy) is 1. The Kier molecular flexibility index (Phi) is 5.97. The summed E-state index contributed by atoms with van der Waals surface area (Å²) >= 11 is 0. The summed E-state index contributed by atoms with van der Waals surface area (Å²) in [5.74, 6) is -1.35. The summed E-state index contributed by atoms with van der Waals surface area (Å²) < 4.78 is 10.8. The molecule has 1 aromatic heterocycles. The molecule has 3 aromatic rings. The van der Waals surface area contributed by atoms with Gasteiger partial charge in [0.2, 0.25) is 0 Å². The number of carbonyl (C=O) groups is 2. The molecule has 0 bridgehead atoms. The Balaban J connectivity index is 1.70. The van der Waals surface area contributed by atoms with Crippen LogP contribution in [0.25, 0.3) is 11.0 Å². The van der Waals surface area contributed by atoms with Crippen molar-refractivity contribution >= 4 is 22.8 Å². The lowest BCUT2D eigenvalue weighted by Crippen LogP contribution is -2.47. The summed E-state index contributed by atoms with van der Waals surface area (Å²) in [6, 6.07) is 14.3. The monoisotopic (exact) mass is 395 g/mol. The third-order valence-electron chi connectivity index (χ3n) is 4.50. The highest BCUT2D eigenvalue weighted by molar-refractivity contribution is 5.86. The minimum atomic E-state index is -1.13. The molecule has 0 aliphatic carbocycles. The Hall–Kier alpha value is -3.61. The highest BCUT2D eigenvalue weighted by Crippen LogP contribution is 2.23. The maximum atomic E-state index is 12.5. The number of carboxylic acids is 1. The van der Waals surface area contributed by atoms with Gasteiger partial charge in [-0.1, -0.05) is 30.3 Å². The normalized spacial score (nSPS) is 12.9. The van der Waals surface area contributed by atoms with Crippen molar-refractivity contribution in [3.8, 4) is 5.75 Å². The summed E-state index contributed by atoms with van der Waals surface area (Å²) in [5, 5.41) is 12.7. The summed E-state index contributed by atoms with van der Waals surface area (Å²) in [4.78, 5) is 35.5. The molecular weight excluding hydrogens is 374 g/mol. The molecule has 2 N–H and O–H groups in total. The number of nitrogens with one attached hydrogen (secondary N) is 1. The van der Waals surface area contributed by atoms with Crippen LogP contribution in [0.4, 0.5) is 0 Å². The molecule has 1 amide bonds. The first-order chi connectivity index (χ1) is 13.8. The van der Waals surface area contributed by atoms with Gasteiger partial charge in [0, 0.05) is 23.9 Å². The number of amides is 1. The summed E-state index contributed by atoms with van der Waals surface area (Å²) in [5.41, 5.74) is 1.46. The smallest absolute Gasteiger partial charge is 0.336 e. The van der Waals surface area contributed by atoms with Gasteiger partial charge in [-0.15, -0.1) is 0 Å². The van der Waals surface area contributed by atoms with E-state index in [4.69, 9.17) is 9.15 Å². The van der Waals surface area contributed by atoms with Crippen LogP contribution in [0.3, 0.4) is 0 Å². The van der Waals surface area contributed by atoms with Gasteiger partial charge in [-0.25, -0.2) is 9.59 Å². The average Bonchev–Trinajstić information content (AvgIpc) is 2.67. The summed E-state index contributed by atoms with van der Waals surface area (Å²) in [7, 11) is 0. The van der Waals surface area contributed by atoms with Crippen molar-refractivity contribution in [2.24, 2.45) is 0 Å². The van der Waals surface area contributed by atoms with Crippen LogP contribution in [0.1, 0.15) is 18.1 Å². The van der Waals surface area contributed by atoms with E-state index in [1.165, 1.54) is 19.1 Å². The maximum absolute atomic E-state index is 12.5. The van der Waals surface area contributed by atoms with Gasteiger partial charge in [-0.2, -0.15) is 0 Å². The highest BCUT2D eigenvalue weighted by Gasteiger charge is 2.24. The van der Waals surface area contributed by atoms with Crippen molar-refractivity contribution in [2.75, 3.05) is 0 Å². The first-order valence-corrected chi connectivity index (χ1v) is 9.12. The van der Waals surface area contributed by atoms with Crippen molar-refractivity contribution in [1.82, 2.24) is 5.32 Å². The number of benzene rings is 2. The molecule has 7 nitrogen and oxygen atoms in total. The van der Waals surface area contributed by atoms with Crippen LogP contribution in [-0.4, -0.2) is 29.1 Å². The van der Waals surface area contributed by atoms with Crippen LogP contribution in [0.5, 0.6) is 5.75 Å². The Morgan fingerprint density at radius 3 is 2.55 bits per heavy atom. The van der Waals surface area contributed by atoms with E-state index in [2.05, 4.69) is 5.32 Å². The number of carboxylic acid groups (broad SMARTS) is 1. The molecule has 0 aliphatic rings. The van der Waals surface area contributed by atoms with Crippen LogP contribution in [0.2, 0.25) is 0 Å². The van der Waals surface area contributed by atoms with Crippen molar-refractivity contribution in [3.63, 3.8) is 0 Å². The molecule has 29 heavy (non-hydrogen) atoms.